The number of hydrogen-bond donors (Lipinski definition) is 1. The maximum Gasteiger partial charge on any atom is 0.318 e. The van der Waals surface area contributed by atoms with E-state index in [1.165, 1.54) is 0 Å². The monoisotopic (exact) mass is 429 g/mol. The van der Waals surface area contributed by atoms with Crippen LogP contribution in [-0.4, -0.2) is 42.1 Å². The molecule has 4 rings (SSSR count). The normalized spacial score (nSPS) is 16.9. The van der Waals surface area contributed by atoms with Gasteiger partial charge < -0.3 is 24.5 Å². The van der Waals surface area contributed by atoms with E-state index in [1.807, 2.05) is 56.3 Å². The number of halogens is 1. The fraction of sp³-hybridized carbons (Fsp3) is 0.364. The molecule has 0 unspecified atom stereocenters. The van der Waals surface area contributed by atoms with E-state index in [2.05, 4.69) is 10.5 Å². The van der Waals surface area contributed by atoms with E-state index in [0.717, 1.165) is 22.6 Å². The van der Waals surface area contributed by atoms with E-state index >= 15 is 0 Å². The largest absolute Gasteiger partial charge is 0.454 e. The molecule has 2 aromatic rings. The third-order valence-electron chi connectivity index (χ3n) is 4.88. The van der Waals surface area contributed by atoms with Gasteiger partial charge in [-0.25, -0.2) is 4.79 Å². The minimum absolute atomic E-state index is 0.0242. The molecule has 2 amide bonds. The first-order valence-corrected chi connectivity index (χ1v) is 10.3. The van der Waals surface area contributed by atoms with Crippen molar-refractivity contribution in [3.63, 3.8) is 0 Å². The van der Waals surface area contributed by atoms with Gasteiger partial charge in [-0.3, -0.25) is 0 Å². The first-order chi connectivity index (χ1) is 14.5. The lowest BCUT2D eigenvalue weighted by Crippen LogP contribution is -2.45. The van der Waals surface area contributed by atoms with Crippen molar-refractivity contribution in [2.75, 3.05) is 13.3 Å². The van der Waals surface area contributed by atoms with Gasteiger partial charge in [0.25, 0.3) is 0 Å². The Morgan fingerprint density at radius 1 is 1.23 bits per heavy atom. The van der Waals surface area contributed by atoms with Crippen molar-refractivity contribution in [3.05, 3.63) is 58.6 Å². The Kier molecular flexibility index (Phi) is 5.99. The smallest absolute Gasteiger partial charge is 0.318 e. The van der Waals surface area contributed by atoms with Crippen LogP contribution in [0.25, 0.3) is 0 Å². The van der Waals surface area contributed by atoms with Gasteiger partial charge in [0.15, 0.2) is 17.6 Å². The third kappa shape index (κ3) is 4.62. The minimum atomic E-state index is -0.245. The maximum absolute atomic E-state index is 12.8. The number of hydrogen-bond acceptors (Lipinski definition) is 5. The van der Waals surface area contributed by atoms with E-state index in [9.17, 15) is 4.79 Å². The van der Waals surface area contributed by atoms with Crippen molar-refractivity contribution >= 4 is 23.3 Å². The second kappa shape index (κ2) is 8.83. The number of nitrogens with zero attached hydrogens (tertiary/aromatic N) is 2. The van der Waals surface area contributed by atoms with Crippen LogP contribution in [0, 0.1) is 0 Å². The summed E-state index contributed by atoms with van der Waals surface area (Å²) in [6.07, 6.45) is 0.346. The Balaban J connectivity index is 1.44. The van der Waals surface area contributed by atoms with Crippen LogP contribution in [0.3, 0.4) is 0 Å². The zero-order valence-electron chi connectivity index (χ0n) is 16.9. The molecule has 2 heterocycles. The van der Waals surface area contributed by atoms with Crippen molar-refractivity contribution < 1.29 is 19.1 Å². The van der Waals surface area contributed by atoms with Crippen molar-refractivity contribution in [2.45, 2.75) is 39.0 Å². The number of fused-ring (bicyclic) bond motifs is 1. The van der Waals surface area contributed by atoms with Gasteiger partial charge in [-0.2, -0.15) is 0 Å². The average molecular weight is 430 g/mol. The molecule has 2 aliphatic heterocycles. The van der Waals surface area contributed by atoms with Crippen LogP contribution < -0.4 is 14.8 Å². The lowest BCUT2D eigenvalue weighted by molar-refractivity contribution is 0.0586. The fourth-order valence-corrected chi connectivity index (χ4v) is 3.60. The van der Waals surface area contributed by atoms with Crippen LogP contribution >= 0.6 is 11.6 Å². The van der Waals surface area contributed by atoms with Crippen LogP contribution in [0.5, 0.6) is 11.5 Å². The van der Waals surface area contributed by atoms with Crippen molar-refractivity contribution in [2.24, 2.45) is 5.16 Å². The van der Waals surface area contributed by atoms with Gasteiger partial charge in [-0.15, -0.1) is 0 Å². The van der Waals surface area contributed by atoms with E-state index in [-0.39, 0.29) is 25.0 Å². The maximum atomic E-state index is 12.8. The van der Waals surface area contributed by atoms with Gasteiger partial charge in [0.2, 0.25) is 6.79 Å². The summed E-state index contributed by atoms with van der Waals surface area (Å²) in [4.78, 5) is 20.2. The van der Waals surface area contributed by atoms with Crippen molar-refractivity contribution in [3.8, 4) is 11.5 Å². The molecular formula is C22H24ClN3O4. The molecule has 158 valence electrons. The molecule has 0 fully saturated rings. The number of oxime groups is 1. The molecule has 2 aliphatic rings. The number of nitrogens with one attached hydrogen (secondary N) is 1. The average Bonchev–Trinajstić information content (AvgIpc) is 3.37. The molecule has 7 nitrogen and oxygen atoms in total. The van der Waals surface area contributed by atoms with Gasteiger partial charge >= 0.3 is 6.03 Å². The molecule has 1 atom stereocenters. The molecule has 0 spiro atoms. The molecule has 0 aliphatic carbocycles. The standard InChI is InChI=1S/C22H24ClN3O4/c1-14(2)24-22(27)26(11-16-5-3-4-6-18(16)23)12-17-10-19(25-30-17)15-7-8-20-21(9-15)29-13-28-20/h3-9,14,17H,10-13H2,1-2H3,(H,24,27)/t17-/m1/s1. The molecule has 0 bridgehead atoms. The highest BCUT2D eigenvalue weighted by Crippen LogP contribution is 2.33. The summed E-state index contributed by atoms with van der Waals surface area (Å²) in [6.45, 7) is 4.86. The van der Waals surface area contributed by atoms with Gasteiger partial charge in [0, 0.05) is 29.6 Å². The van der Waals surface area contributed by atoms with Crippen LogP contribution in [0.1, 0.15) is 31.4 Å². The van der Waals surface area contributed by atoms with Crippen LogP contribution in [-0.2, 0) is 11.4 Å². The lowest BCUT2D eigenvalue weighted by atomic mass is 10.0. The number of amides is 2. The predicted octanol–water partition coefficient (Wildman–Crippen LogP) is 4.18. The van der Waals surface area contributed by atoms with Crippen LogP contribution in [0.15, 0.2) is 47.6 Å². The van der Waals surface area contributed by atoms with Gasteiger partial charge in [0.1, 0.15) is 0 Å². The summed E-state index contributed by atoms with van der Waals surface area (Å²) >= 11 is 6.31. The molecule has 1 N–H and O–H groups in total. The first-order valence-electron chi connectivity index (χ1n) is 9.91. The summed E-state index contributed by atoms with van der Waals surface area (Å²) in [5.41, 5.74) is 2.62. The molecule has 0 saturated carbocycles. The van der Waals surface area contributed by atoms with Gasteiger partial charge in [-0.1, -0.05) is 35.0 Å². The van der Waals surface area contributed by atoms with E-state index in [0.29, 0.717) is 30.3 Å². The number of rotatable bonds is 6. The molecule has 0 radical (unpaired) electrons. The van der Waals surface area contributed by atoms with Crippen LogP contribution in [0.2, 0.25) is 5.02 Å². The molecular weight excluding hydrogens is 406 g/mol. The topological polar surface area (TPSA) is 72.4 Å². The Morgan fingerprint density at radius 3 is 2.83 bits per heavy atom. The van der Waals surface area contributed by atoms with Crippen molar-refractivity contribution in [1.29, 1.82) is 0 Å². The number of benzene rings is 2. The fourth-order valence-electron chi connectivity index (χ4n) is 3.41. The Labute approximate surface area is 180 Å². The lowest BCUT2D eigenvalue weighted by Gasteiger charge is -2.26. The quantitative estimate of drug-likeness (QED) is 0.747. The van der Waals surface area contributed by atoms with E-state index in [1.54, 1.807) is 4.90 Å². The third-order valence-corrected chi connectivity index (χ3v) is 5.25. The SMILES string of the molecule is CC(C)NC(=O)N(Cc1ccccc1Cl)C[C@H]1CC(c2ccc3c(c2)OCO3)=NO1. The first kappa shape index (κ1) is 20.3. The zero-order chi connectivity index (χ0) is 21.1. The summed E-state index contributed by atoms with van der Waals surface area (Å²) in [6, 6.07) is 13.1. The highest BCUT2D eigenvalue weighted by Gasteiger charge is 2.28. The Hall–Kier alpha value is -2.93. The summed E-state index contributed by atoms with van der Waals surface area (Å²) in [5.74, 6) is 1.43. The highest BCUT2D eigenvalue weighted by molar-refractivity contribution is 6.31. The summed E-state index contributed by atoms with van der Waals surface area (Å²) in [5, 5.41) is 7.82. The van der Waals surface area contributed by atoms with E-state index < -0.39 is 0 Å². The van der Waals surface area contributed by atoms with Crippen molar-refractivity contribution in [1.82, 2.24) is 10.2 Å². The second-order valence-electron chi connectivity index (χ2n) is 7.61. The number of urea groups is 1. The number of carbonyl (C=O) groups excluding carboxylic acids is 1. The van der Waals surface area contributed by atoms with Gasteiger partial charge in [0.05, 0.1) is 12.3 Å². The minimum Gasteiger partial charge on any atom is -0.454 e. The molecule has 0 aromatic heterocycles. The predicted molar refractivity (Wildman–Crippen MR) is 114 cm³/mol. The van der Waals surface area contributed by atoms with E-state index in [4.69, 9.17) is 25.9 Å². The number of ether oxygens (including phenoxy) is 2. The van der Waals surface area contributed by atoms with Crippen LogP contribution in [0.4, 0.5) is 4.79 Å². The Bertz CT molecular complexity index is 963. The zero-order valence-corrected chi connectivity index (χ0v) is 17.7. The molecule has 2 aromatic carbocycles. The summed E-state index contributed by atoms with van der Waals surface area (Å²) in [7, 11) is 0. The molecule has 0 saturated heterocycles. The van der Waals surface area contributed by atoms with Gasteiger partial charge in [-0.05, 0) is 43.7 Å². The molecule has 8 heteroatoms. The highest BCUT2D eigenvalue weighted by atomic mass is 35.5. The second-order valence-corrected chi connectivity index (χ2v) is 8.02. The summed E-state index contributed by atoms with van der Waals surface area (Å²) < 4.78 is 10.8. The molecule has 30 heavy (non-hydrogen) atoms. The number of carbonyl (C=O) groups is 1. The Morgan fingerprint density at radius 2 is 2.03 bits per heavy atom.